The van der Waals surface area contributed by atoms with E-state index in [2.05, 4.69) is 10.2 Å². The number of halogens is 1. The van der Waals surface area contributed by atoms with Gasteiger partial charge in [0.25, 0.3) is 0 Å². The Morgan fingerprint density at radius 1 is 1.37 bits per heavy atom. The average Bonchev–Trinajstić information content (AvgIpc) is 2.38. The first kappa shape index (κ1) is 14.3. The molecule has 106 valence electrons. The van der Waals surface area contributed by atoms with E-state index >= 15 is 0 Å². The van der Waals surface area contributed by atoms with E-state index in [-0.39, 0.29) is 11.9 Å². The fraction of sp³-hybridized carbons (Fsp3) is 0.600. The number of hydrogen-bond acceptors (Lipinski definition) is 3. The SMILES string of the molecule is CNC(C)c1cccc(F)c1N1CCC(C)(O)CC1. The molecule has 4 heteroatoms. The smallest absolute Gasteiger partial charge is 0.146 e. The molecule has 1 atom stereocenters. The van der Waals surface area contributed by atoms with Crippen molar-refractivity contribution in [1.82, 2.24) is 5.32 Å². The van der Waals surface area contributed by atoms with Crippen LogP contribution in [0.1, 0.15) is 38.3 Å². The van der Waals surface area contributed by atoms with E-state index < -0.39 is 5.60 Å². The van der Waals surface area contributed by atoms with Gasteiger partial charge in [-0.15, -0.1) is 0 Å². The summed E-state index contributed by atoms with van der Waals surface area (Å²) in [6.07, 6.45) is 1.35. The van der Waals surface area contributed by atoms with Gasteiger partial charge in [-0.2, -0.15) is 0 Å². The monoisotopic (exact) mass is 266 g/mol. The molecule has 0 bridgehead atoms. The van der Waals surface area contributed by atoms with Crippen molar-refractivity contribution in [3.63, 3.8) is 0 Å². The molecule has 3 nitrogen and oxygen atoms in total. The summed E-state index contributed by atoms with van der Waals surface area (Å²) in [5, 5.41) is 13.2. The van der Waals surface area contributed by atoms with Crippen LogP contribution in [0, 0.1) is 5.82 Å². The van der Waals surface area contributed by atoms with Gasteiger partial charge in [0, 0.05) is 19.1 Å². The lowest BCUT2D eigenvalue weighted by Crippen LogP contribution is -2.43. The topological polar surface area (TPSA) is 35.5 Å². The lowest BCUT2D eigenvalue weighted by atomic mass is 9.92. The van der Waals surface area contributed by atoms with Crippen molar-refractivity contribution in [3.8, 4) is 0 Å². The Morgan fingerprint density at radius 3 is 2.58 bits per heavy atom. The number of piperidine rings is 1. The number of benzene rings is 1. The molecule has 1 fully saturated rings. The van der Waals surface area contributed by atoms with Gasteiger partial charge in [0.05, 0.1) is 11.3 Å². The van der Waals surface area contributed by atoms with Crippen LogP contribution in [0.2, 0.25) is 0 Å². The van der Waals surface area contributed by atoms with Crippen LogP contribution < -0.4 is 10.2 Å². The molecule has 1 unspecified atom stereocenters. The van der Waals surface area contributed by atoms with E-state index in [9.17, 15) is 9.50 Å². The highest BCUT2D eigenvalue weighted by molar-refractivity contribution is 5.56. The minimum atomic E-state index is -0.615. The molecular formula is C15H23FN2O. The van der Waals surface area contributed by atoms with E-state index in [0.29, 0.717) is 31.6 Å². The largest absolute Gasteiger partial charge is 0.390 e. The molecule has 0 saturated carbocycles. The van der Waals surface area contributed by atoms with Crippen LogP contribution >= 0.6 is 0 Å². The molecule has 1 aliphatic heterocycles. The normalized spacial score (nSPS) is 20.4. The summed E-state index contributed by atoms with van der Waals surface area (Å²) in [5.74, 6) is -0.179. The van der Waals surface area contributed by atoms with Gasteiger partial charge in [0.15, 0.2) is 0 Å². The fourth-order valence-corrected chi connectivity index (χ4v) is 2.58. The summed E-state index contributed by atoms with van der Waals surface area (Å²) in [6, 6.07) is 5.33. The predicted molar refractivity (Wildman–Crippen MR) is 75.9 cm³/mol. The number of aliphatic hydroxyl groups is 1. The van der Waals surface area contributed by atoms with Crippen molar-refractivity contribution in [2.24, 2.45) is 0 Å². The highest BCUT2D eigenvalue weighted by Crippen LogP contribution is 2.33. The molecule has 0 radical (unpaired) electrons. The van der Waals surface area contributed by atoms with Crippen molar-refractivity contribution in [1.29, 1.82) is 0 Å². The summed E-state index contributed by atoms with van der Waals surface area (Å²) in [5.41, 5.74) is 1.04. The van der Waals surface area contributed by atoms with Crippen LogP contribution in [0.15, 0.2) is 18.2 Å². The maximum Gasteiger partial charge on any atom is 0.146 e. The Hall–Kier alpha value is -1.13. The van der Waals surface area contributed by atoms with Crippen molar-refractivity contribution < 1.29 is 9.50 Å². The lowest BCUT2D eigenvalue weighted by Gasteiger charge is -2.38. The standard InChI is InChI=1S/C15H23FN2O/c1-11(17-3)12-5-4-6-13(16)14(12)18-9-7-15(2,19)8-10-18/h4-6,11,17,19H,7-10H2,1-3H3. The molecule has 19 heavy (non-hydrogen) atoms. The summed E-state index contributed by atoms with van der Waals surface area (Å²) < 4.78 is 14.2. The van der Waals surface area contributed by atoms with Gasteiger partial charge in [-0.25, -0.2) is 4.39 Å². The molecule has 0 aromatic heterocycles. The Morgan fingerprint density at radius 2 is 2.00 bits per heavy atom. The molecule has 1 aliphatic rings. The first-order valence-electron chi connectivity index (χ1n) is 6.87. The molecule has 1 saturated heterocycles. The lowest BCUT2D eigenvalue weighted by molar-refractivity contribution is 0.0350. The molecule has 1 heterocycles. The Balaban J connectivity index is 2.29. The van der Waals surface area contributed by atoms with Crippen molar-refractivity contribution in [2.75, 3.05) is 25.0 Å². The van der Waals surface area contributed by atoms with Crippen LogP contribution in [0.3, 0.4) is 0 Å². The summed E-state index contributed by atoms with van der Waals surface area (Å²) >= 11 is 0. The van der Waals surface area contributed by atoms with Gasteiger partial charge in [-0.1, -0.05) is 12.1 Å². The maximum absolute atomic E-state index is 14.2. The van der Waals surface area contributed by atoms with Crippen molar-refractivity contribution in [3.05, 3.63) is 29.6 Å². The summed E-state index contributed by atoms with van der Waals surface area (Å²) in [6.45, 7) is 5.26. The summed E-state index contributed by atoms with van der Waals surface area (Å²) in [7, 11) is 1.88. The second-order valence-corrected chi connectivity index (χ2v) is 5.67. The number of anilines is 1. The first-order chi connectivity index (χ1) is 8.94. The van der Waals surface area contributed by atoms with Gasteiger partial charge in [-0.3, -0.25) is 0 Å². The zero-order valence-electron chi connectivity index (χ0n) is 11.9. The predicted octanol–water partition coefficient (Wildman–Crippen LogP) is 2.46. The van der Waals surface area contributed by atoms with Crippen LogP contribution in [-0.4, -0.2) is 30.8 Å². The summed E-state index contributed by atoms with van der Waals surface area (Å²) in [4.78, 5) is 2.05. The molecule has 2 rings (SSSR count). The van der Waals surface area contributed by atoms with Crippen molar-refractivity contribution >= 4 is 5.69 Å². The number of rotatable bonds is 3. The Kier molecular flexibility index (Phi) is 4.11. The molecule has 0 spiro atoms. The molecule has 2 N–H and O–H groups in total. The third kappa shape index (κ3) is 3.07. The van der Waals surface area contributed by atoms with E-state index in [4.69, 9.17) is 0 Å². The van der Waals surface area contributed by atoms with Gasteiger partial charge < -0.3 is 15.3 Å². The highest BCUT2D eigenvalue weighted by Gasteiger charge is 2.29. The van der Waals surface area contributed by atoms with E-state index in [1.54, 1.807) is 6.07 Å². The number of nitrogens with zero attached hydrogens (tertiary/aromatic N) is 1. The van der Waals surface area contributed by atoms with E-state index in [0.717, 1.165) is 5.56 Å². The van der Waals surface area contributed by atoms with Gasteiger partial charge in [0.2, 0.25) is 0 Å². The van der Waals surface area contributed by atoms with Crippen LogP contribution in [0.5, 0.6) is 0 Å². The number of para-hydroxylation sites is 1. The average molecular weight is 266 g/mol. The minimum Gasteiger partial charge on any atom is -0.390 e. The molecule has 1 aromatic rings. The zero-order chi connectivity index (χ0) is 14.0. The third-order valence-electron chi connectivity index (χ3n) is 4.07. The minimum absolute atomic E-state index is 0.105. The first-order valence-corrected chi connectivity index (χ1v) is 6.87. The van der Waals surface area contributed by atoms with E-state index in [1.807, 2.05) is 27.0 Å². The number of hydrogen-bond donors (Lipinski definition) is 2. The third-order valence-corrected chi connectivity index (χ3v) is 4.07. The molecular weight excluding hydrogens is 243 g/mol. The van der Waals surface area contributed by atoms with Crippen LogP contribution in [0.4, 0.5) is 10.1 Å². The molecule has 1 aromatic carbocycles. The molecule has 0 amide bonds. The fourth-order valence-electron chi connectivity index (χ4n) is 2.58. The van der Waals surface area contributed by atoms with E-state index in [1.165, 1.54) is 6.07 Å². The zero-order valence-corrected chi connectivity index (χ0v) is 11.9. The Labute approximate surface area is 114 Å². The van der Waals surface area contributed by atoms with Crippen LogP contribution in [-0.2, 0) is 0 Å². The Bertz CT molecular complexity index is 438. The quantitative estimate of drug-likeness (QED) is 0.882. The van der Waals surface area contributed by atoms with Gasteiger partial charge in [0.1, 0.15) is 5.82 Å². The van der Waals surface area contributed by atoms with Crippen molar-refractivity contribution in [2.45, 2.75) is 38.3 Å². The number of nitrogens with one attached hydrogen (secondary N) is 1. The van der Waals surface area contributed by atoms with Gasteiger partial charge in [-0.05, 0) is 45.4 Å². The second-order valence-electron chi connectivity index (χ2n) is 5.67. The van der Waals surface area contributed by atoms with Crippen LogP contribution in [0.25, 0.3) is 0 Å². The maximum atomic E-state index is 14.2. The van der Waals surface area contributed by atoms with Gasteiger partial charge >= 0.3 is 0 Å². The second kappa shape index (κ2) is 5.47. The highest BCUT2D eigenvalue weighted by atomic mass is 19.1. The molecule has 0 aliphatic carbocycles.